The van der Waals surface area contributed by atoms with Crippen molar-refractivity contribution in [2.45, 2.75) is 95.9 Å². The smallest absolute Gasteiger partial charge is 0.337 e. The monoisotopic (exact) mass is 636 g/mol. The number of aliphatic carboxylic acids is 1. The van der Waals surface area contributed by atoms with Crippen LogP contribution >= 0.6 is 0 Å². The van der Waals surface area contributed by atoms with E-state index in [0.29, 0.717) is 23.3 Å². The van der Waals surface area contributed by atoms with Crippen LogP contribution in [-0.4, -0.2) is 36.2 Å². The first-order valence-electron chi connectivity index (χ1n) is 15.6. The summed E-state index contributed by atoms with van der Waals surface area (Å²) in [5.74, 6) is 5.62. The molecule has 0 aromatic heterocycles. The second-order valence-electron chi connectivity index (χ2n) is 9.10. The van der Waals surface area contributed by atoms with Gasteiger partial charge in [0.2, 0.25) is 0 Å². The number of aliphatic hydroxyl groups excluding tert-OH is 1. The van der Waals surface area contributed by atoms with E-state index in [0.717, 1.165) is 16.9 Å². The molecule has 0 fully saturated rings. The molecule has 2 N–H and O–H groups in total. The van der Waals surface area contributed by atoms with Gasteiger partial charge < -0.3 is 19.7 Å². The fraction of sp³-hybridized carbons (Fsp3) is 0.400. The highest BCUT2D eigenvalue weighted by Gasteiger charge is 2.22. The summed E-state index contributed by atoms with van der Waals surface area (Å²) in [6.07, 6.45) is 5.53. The summed E-state index contributed by atoms with van der Waals surface area (Å²) < 4.78 is 10.0. The van der Waals surface area contributed by atoms with Gasteiger partial charge in [0, 0.05) is 12.0 Å². The highest BCUT2D eigenvalue weighted by atomic mass is 16.5. The topological polar surface area (TPSA) is 93.1 Å². The van der Waals surface area contributed by atoms with Crippen molar-refractivity contribution < 1.29 is 29.3 Å². The average Bonchev–Trinajstić information content (AvgIpc) is 3.05. The number of aryl methyl sites for hydroxylation is 1. The Morgan fingerprint density at radius 3 is 1.65 bits per heavy atom. The predicted molar refractivity (Wildman–Crippen MR) is 198 cm³/mol. The molecule has 0 amide bonds. The Hall–Kier alpha value is -4.50. The summed E-state index contributed by atoms with van der Waals surface area (Å²) in [7, 11) is 3.17. The zero-order chi connectivity index (χ0) is 36.7. The van der Waals surface area contributed by atoms with Crippen LogP contribution in [0.4, 0.5) is 0 Å². The first-order valence-corrected chi connectivity index (χ1v) is 15.6. The summed E-state index contributed by atoms with van der Waals surface area (Å²) in [4.78, 5) is 24.0. The Labute approximate surface area is 280 Å². The lowest BCUT2D eigenvalue weighted by atomic mass is 9.90. The summed E-state index contributed by atoms with van der Waals surface area (Å²) in [6, 6.07) is 13.9. The number of Topliss-reactive ketones (excluding diaryl/α,β-unsaturated/α-hetero) is 1. The molecular formula is C40H60O6. The first kappa shape index (κ1) is 48.4. The number of ether oxygens (including phenoxy) is 2. The van der Waals surface area contributed by atoms with E-state index in [4.69, 9.17) is 14.6 Å². The van der Waals surface area contributed by atoms with Gasteiger partial charge in [-0.1, -0.05) is 103 Å². The molecule has 0 unspecified atom stereocenters. The maximum atomic E-state index is 12.2. The van der Waals surface area contributed by atoms with E-state index in [2.05, 4.69) is 32.3 Å². The maximum Gasteiger partial charge on any atom is 0.337 e. The fourth-order valence-electron chi connectivity index (χ4n) is 3.20. The minimum atomic E-state index is -1.12. The van der Waals surface area contributed by atoms with Crippen LogP contribution in [0.2, 0.25) is 0 Å². The van der Waals surface area contributed by atoms with Gasteiger partial charge in [0.15, 0.2) is 5.78 Å². The number of methoxy groups -OCH3 is 2. The minimum Gasteiger partial charge on any atom is -0.513 e. The number of carbonyl (C=O) groups excluding carboxylic acids is 1. The number of carbonyl (C=O) groups is 2. The Kier molecular flexibility index (Phi) is 33.6. The van der Waals surface area contributed by atoms with Crippen molar-refractivity contribution in [1.82, 2.24) is 0 Å². The zero-order valence-electron chi connectivity index (χ0n) is 30.9. The molecular weight excluding hydrogens is 576 g/mol. The lowest BCUT2D eigenvalue weighted by Crippen LogP contribution is -2.09. The van der Waals surface area contributed by atoms with E-state index in [1.54, 1.807) is 50.6 Å². The number of ketones is 1. The van der Waals surface area contributed by atoms with Gasteiger partial charge in [-0.25, -0.2) is 4.79 Å². The Morgan fingerprint density at radius 1 is 0.826 bits per heavy atom. The van der Waals surface area contributed by atoms with Crippen LogP contribution in [0.5, 0.6) is 5.75 Å². The van der Waals surface area contributed by atoms with Gasteiger partial charge in [0.05, 0.1) is 31.3 Å². The van der Waals surface area contributed by atoms with Crippen LogP contribution in [0.15, 0.2) is 84.4 Å². The molecule has 256 valence electrons. The number of carboxylic acids is 1. The summed E-state index contributed by atoms with van der Waals surface area (Å²) >= 11 is 0. The summed E-state index contributed by atoms with van der Waals surface area (Å²) in [5.41, 5.74) is 3.16. The Bertz CT molecular complexity index is 1280. The van der Waals surface area contributed by atoms with E-state index in [1.807, 2.05) is 86.6 Å². The number of carboxylic acid groups (broad SMARTS) is 1. The van der Waals surface area contributed by atoms with Crippen LogP contribution in [0.25, 0.3) is 11.1 Å². The molecule has 0 bridgehead atoms. The van der Waals surface area contributed by atoms with Crippen molar-refractivity contribution >= 4 is 22.9 Å². The normalized spacial score (nSPS) is 10.1. The van der Waals surface area contributed by atoms with Crippen LogP contribution in [-0.2, 0) is 14.3 Å². The standard InChI is InChI=1S/C19H18O4.C10H16O2.C4H6.C3H8.2C2H6/c1-12-6-4-5-7-16(12)18(19(21)22)17(13(2)20)14-8-10-15(23-3)11-9-14;1-8(7-9(2)11)5-6-10(3)12-4;1-3-4-2;1-3-2;2*1-2/h4-11H,1-3H3,(H,21,22);5-6,11H,2,7H2,1,3-4H3;1-2H3;3H2,1-2H3;2*1-2H3/b18-17-;8-5+,10-6+;;;;. The molecule has 2 rings (SSSR count). The largest absolute Gasteiger partial charge is 0.513 e. The molecule has 0 saturated carbocycles. The second-order valence-corrected chi connectivity index (χ2v) is 9.10. The SMILES string of the molecule is C=C(O)C/C(C)=C/C=C(\C)OC.CC.CC.CC#CC.CCC.COc1ccc(/C(C(C)=O)=C(\C(=O)O)c2ccccc2C)cc1. The van der Waals surface area contributed by atoms with Gasteiger partial charge >= 0.3 is 5.97 Å². The highest BCUT2D eigenvalue weighted by Crippen LogP contribution is 2.30. The lowest BCUT2D eigenvalue weighted by molar-refractivity contribution is -0.130. The molecule has 6 heteroatoms. The van der Waals surface area contributed by atoms with Gasteiger partial charge in [-0.15, -0.1) is 11.8 Å². The Balaban J connectivity index is -0.000000321. The number of allylic oxidation sites excluding steroid dienone is 5. The average molecular weight is 637 g/mol. The van der Waals surface area contributed by atoms with E-state index in [1.165, 1.54) is 13.3 Å². The van der Waals surface area contributed by atoms with Crippen LogP contribution in [0.3, 0.4) is 0 Å². The fourth-order valence-corrected chi connectivity index (χ4v) is 3.20. The number of hydrogen-bond acceptors (Lipinski definition) is 5. The number of hydrogen-bond donors (Lipinski definition) is 2. The first-order chi connectivity index (χ1) is 21.8. The number of benzene rings is 2. The van der Waals surface area contributed by atoms with Gasteiger partial charge in [0.25, 0.3) is 0 Å². The molecule has 0 atom stereocenters. The van der Waals surface area contributed by atoms with Gasteiger partial charge in [-0.05, 0) is 76.4 Å². The molecule has 6 nitrogen and oxygen atoms in total. The van der Waals surface area contributed by atoms with Gasteiger partial charge in [0.1, 0.15) is 5.75 Å². The lowest BCUT2D eigenvalue weighted by Gasteiger charge is -2.13. The van der Waals surface area contributed by atoms with Crippen LogP contribution in [0.1, 0.15) is 106 Å². The van der Waals surface area contributed by atoms with Crippen LogP contribution < -0.4 is 4.74 Å². The molecule has 0 spiro atoms. The molecule has 0 aliphatic carbocycles. The molecule has 0 radical (unpaired) electrons. The summed E-state index contributed by atoms with van der Waals surface area (Å²) in [5, 5.41) is 18.6. The summed E-state index contributed by atoms with van der Waals surface area (Å²) in [6.45, 7) is 26.3. The molecule has 0 aliphatic rings. The second kappa shape index (κ2) is 31.9. The minimum absolute atomic E-state index is 0.0146. The van der Waals surface area contributed by atoms with E-state index < -0.39 is 5.97 Å². The van der Waals surface area contributed by atoms with Gasteiger partial charge in [-0.3, -0.25) is 4.79 Å². The highest BCUT2D eigenvalue weighted by molar-refractivity contribution is 6.38. The van der Waals surface area contributed by atoms with Gasteiger partial charge in [-0.2, -0.15) is 0 Å². The quantitative estimate of drug-likeness (QED) is 0.0935. The van der Waals surface area contributed by atoms with Crippen molar-refractivity contribution in [3.63, 3.8) is 0 Å². The zero-order valence-corrected chi connectivity index (χ0v) is 30.9. The van der Waals surface area contributed by atoms with Crippen LogP contribution in [0, 0.1) is 18.8 Å². The maximum absolute atomic E-state index is 12.2. The van der Waals surface area contributed by atoms with E-state index >= 15 is 0 Å². The van der Waals surface area contributed by atoms with E-state index in [-0.39, 0.29) is 22.7 Å². The third-order valence-electron chi connectivity index (χ3n) is 5.27. The third-order valence-corrected chi connectivity index (χ3v) is 5.27. The molecule has 0 aliphatic heterocycles. The predicted octanol–water partition coefficient (Wildman–Crippen LogP) is 11.0. The molecule has 2 aromatic rings. The van der Waals surface area contributed by atoms with E-state index in [9.17, 15) is 14.7 Å². The third kappa shape index (κ3) is 23.0. The van der Waals surface area contributed by atoms with Crippen molar-refractivity contribution in [1.29, 1.82) is 0 Å². The Morgan fingerprint density at radius 2 is 1.30 bits per heavy atom. The molecule has 46 heavy (non-hydrogen) atoms. The number of rotatable bonds is 9. The van der Waals surface area contributed by atoms with Crippen molar-refractivity contribution in [3.05, 3.63) is 101 Å². The number of aliphatic hydroxyl groups is 1. The van der Waals surface area contributed by atoms with Crippen molar-refractivity contribution in [3.8, 4) is 17.6 Å². The molecule has 0 heterocycles. The van der Waals surface area contributed by atoms with Crippen molar-refractivity contribution in [2.75, 3.05) is 14.2 Å². The molecule has 2 aromatic carbocycles. The van der Waals surface area contributed by atoms with Crippen molar-refractivity contribution in [2.24, 2.45) is 0 Å². The molecule has 0 saturated heterocycles.